The maximum absolute atomic E-state index is 12.5. The molecule has 4 rings (SSSR count). The highest BCUT2D eigenvalue weighted by Gasteiger charge is 2.07. The van der Waals surface area contributed by atoms with Gasteiger partial charge >= 0.3 is 0 Å². The van der Waals surface area contributed by atoms with E-state index in [4.69, 9.17) is 0 Å². The molecule has 0 radical (unpaired) electrons. The van der Waals surface area contributed by atoms with Crippen LogP contribution in [0.5, 0.6) is 0 Å². The van der Waals surface area contributed by atoms with Gasteiger partial charge in [-0.3, -0.25) is 9.36 Å². The maximum Gasteiger partial charge on any atom is 0.261 e. The molecular formula is C17H13N3O. The maximum atomic E-state index is 12.5. The standard InChI is InChI=1S/C17H13N3O/c21-17-14-6-2-4-8-16(14)19-11-20(17)10-12-9-18-15-7-3-1-5-13(12)15/h1-9,11,18H,10H2. The van der Waals surface area contributed by atoms with Crippen LogP contribution in [0, 0.1) is 0 Å². The van der Waals surface area contributed by atoms with Gasteiger partial charge in [0.1, 0.15) is 0 Å². The Balaban J connectivity index is 1.84. The lowest BCUT2D eigenvalue weighted by atomic mass is 10.2. The average Bonchev–Trinajstić information content (AvgIpc) is 2.94. The molecule has 1 N–H and O–H groups in total. The van der Waals surface area contributed by atoms with Crippen LogP contribution in [0.15, 0.2) is 65.8 Å². The summed E-state index contributed by atoms with van der Waals surface area (Å²) in [6.07, 6.45) is 3.57. The molecule has 0 saturated heterocycles. The summed E-state index contributed by atoms with van der Waals surface area (Å²) in [7, 11) is 0. The van der Waals surface area contributed by atoms with E-state index in [2.05, 4.69) is 16.0 Å². The first-order valence-electron chi connectivity index (χ1n) is 6.82. The third-order valence-corrected chi connectivity index (χ3v) is 3.75. The number of H-pyrrole nitrogens is 1. The summed E-state index contributed by atoms with van der Waals surface area (Å²) in [5.41, 5.74) is 2.89. The molecule has 4 aromatic rings. The Labute approximate surface area is 120 Å². The van der Waals surface area contributed by atoms with E-state index in [1.165, 1.54) is 0 Å². The van der Waals surface area contributed by atoms with Gasteiger partial charge < -0.3 is 4.98 Å². The SMILES string of the molecule is O=c1c2ccccc2ncn1Cc1c[nH]c2ccccc12. The largest absolute Gasteiger partial charge is 0.361 e. The van der Waals surface area contributed by atoms with Crippen LogP contribution in [0.1, 0.15) is 5.56 Å². The fourth-order valence-electron chi connectivity index (χ4n) is 2.66. The molecule has 102 valence electrons. The van der Waals surface area contributed by atoms with Crippen LogP contribution in [0.4, 0.5) is 0 Å². The zero-order chi connectivity index (χ0) is 14.2. The second-order valence-corrected chi connectivity index (χ2v) is 5.05. The molecule has 4 nitrogen and oxygen atoms in total. The average molecular weight is 275 g/mol. The summed E-state index contributed by atoms with van der Waals surface area (Å²) >= 11 is 0. The number of rotatable bonds is 2. The van der Waals surface area contributed by atoms with Crippen LogP contribution in [-0.2, 0) is 6.54 Å². The second-order valence-electron chi connectivity index (χ2n) is 5.05. The molecule has 21 heavy (non-hydrogen) atoms. The van der Waals surface area contributed by atoms with Gasteiger partial charge in [-0.15, -0.1) is 0 Å². The molecule has 0 aliphatic carbocycles. The highest BCUT2D eigenvalue weighted by Crippen LogP contribution is 2.18. The number of hydrogen-bond acceptors (Lipinski definition) is 2. The van der Waals surface area contributed by atoms with Crippen LogP contribution in [0.3, 0.4) is 0 Å². The van der Waals surface area contributed by atoms with Gasteiger partial charge in [-0.2, -0.15) is 0 Å². The smallest absolute Gasteiger partial charge is 0.261 e. The lowest BCUT2D eigenvalue weighted by Crippen LogP contribution is -2.20. The second kappa shape index (κ2) is 4.59. The van der Waals surface area contributed by atoms with Crippen molar-refractivity contribution in [2.45, 2.75) is 6.54 Å². The van der Waals surface area contributed by atoms with Crippen molar-refractivity contribution < 1.29 is 0 Å². The quantitative estimate of drug-likeness (QED) is 0.611. The van der Waals surface area contributed by atoms with E-state index in [-0.39, 0.29) is 5.56 Å². The fraction of sp³-hybridized carbons (Fsp3) is 0.0588. The molecule has 0 atom stereocenters. The van der Waals surface area contributed by atoms with Crippen LogP contribution < -0.4 is 5.56 Å². The summed E-state index contributed by atoms with van der Waals surface area (Å²) < 4.78 is 1.65. The van der Waals surface area contributed by atoms with E-state index in [1.54, 1.807) is 10.9 Å². The fourth-order valence-corrected chi connectivity index (χ4v) is 2.66. The van der Waals surface area contributed by atoms with E-state index in [0.29, 0.717) is 11.9 Å². The lowest BCUT2D eigenvalue weighted by molar-refractivity contribution is 0.752. The van der Waals surface area contributed by atoms with Crippen molar-refractivity contribution in [2.24, 2.45) is 0 Å². The Bertz CT molecular complexity index is 997. The van der Waals surface area contributed by atoms with Crippen LogP contribution in [0.2, 0.25) is 0 Å². The number of aromatic amines is 1. The van der Waals surface area contributed by atoms with E-state index < -0.39 is 0 Å². The predicted molar refractivity (Wildman–Crippen MR) is 83.4 cm³/mol. The van der Waals surface area contributed by atoms with Gasteiger partial charge in [-0.1, -0.05) is 30.3 Å². The van der Waals surface area contributed by atoms with Crippen molar-refractivity contribution in [3.05, 3.63) is 77.0 Å². The Hall–Kier alpha value is -2.88. The molecule has 0 aliphatic heterocycles. The monoisotopic (exact) mass is 275 g/mol. The predicted octanol–water partition coefficient (Wildman–Crippen LogP) is 2.93. The zero-order valence-corrected chi connectivity index (χ0v) is 11.3. The number of hydrogen-bond donors (Lipinski definition) is 1. The van der Waals surface area contributed by atoms with Crippen molar-refractivity contribution in [3.8, 4) is 0 Å². The first kappa shape index (κ1) is 11.9. The van der Waals surface area contributed by atoms with Gasteiger partial charge in [-0.25, -0.2) is 4.98 Å². The van der Waals surface area contributed by atoms with Gasteiger partial charge in [-0.05, 0) is 23.8 Å². The summed E-state index contributed by atoms with van der Waals surface area (Å²) in [6.45, 7) is 0.515. The highest BCUT2D eigenvalue weighted by atomic mass is 16.1. The molecule has 0 saturated carbocycles. The van der Waals surface area contributed by atoms with Crippen molar-refractivity contribution in [1.82, 2.24) is 14.5 Å². The minimum Gasteiger partial charge on any atom is -0.361 e. The molecule has 0 spiro atoms. The molecule has 2 aromatic carbocycles. The van der Waals surface area contributed by atoms with Crippen LogP contribution in [0.25, 0.3) is 21.8 Å². The molecule has 2 heterocycles. The number of para-hydroxylation sites is 2. The molecule has 0 amide bonds. The van der Waals surface area contributed by atoms with Gasteiger partial charge in [0.05, 0.1) is 23.8 Å². The van der Waals surface area contributed by atoms with E-state index in [1.807, 2.05) is 48.7 Å². The van der Waals surface area contributed by atoms with E-state index >= 15 is 0 Å². The third-order valence-electron chi connectivity index (χ3n) is 3.75. The number of nitrogens with one attached hydrogen (secondary N) is 1. The molecule has 4 heteroatoms. The van der Waals surface area contributed by atoms with Crippen LogP contribution >= 0.6 is 0 Å². The third kappa shape index (κ3) is 1.92. The summed E-state index contributed by atoms with van der Waals surface area (Å²) in [4.78, 5) is 20.1. The lowest BCUT2D eigenvalue weighted by Gasteiger charge is -2.05. The molecule has 2 aromatic heterocycles. The first-order valence-corrected chi connectivity index (χ1v) is 6.82. The normalized spacial score (nSPS) is 11.2. The van der Waals surface area contributed by atoms with Crippen molar-refractivity contribution in [3.63, 3.8) is 0 Å². The van der Waals surface area contributed by atoms with E-state index in [0.717, 1.165) is 22.0 Å². The van der Waals surface area contributed by atoms with Gasteiger partial charge in [0.25, 0.3) is 5.56 Å². The molecule has 0 fully saturated rings. The minimum atomic E-state index is -0.00844. The minimum absolute atomic E-state index is 0.00844. The Morgan fingerprint density at radius 3 is 2.67 bits per heavy atom. The Morgan fingerprint density at radius 1 is 1.00 bits per heavy atom. The van der Waals surface area contributed by atoms with Gasteiger partial charge in [0.15, 0.2) is 0 Å². The van der Waals surface area contributed by atoms with E-state index in [9.17, 15) is 4.79 Å². The van der Waals surface area contributed by atoms with Crippen LogP contribution in [-0.4, -0.2) is 14.5 Å². The first-order chi connectivity index (χ1) is 10.3. The van der Waals surface area contributed by atoms with Crippen molar-refractivity contribution >= 4 is 21.8 Å². The molecular weight excluding hydrogens is 262 g/mol. The zero-order valence-electron chi connectivity index (χ0n) is 11.3. The number of aromatic nitrogens is 3. The molecule has 0 bridgehead atoms. The number of fused-ring (bicyclic) bond motifs is 2. The Morgan fingerprint density at radius 2 is 1.76 bits per heavy atom. The van der Waals surface area contributed by atoms with Crippen molar-refractivity contribution in [1.29, 1.82) is 0 Å². The van der Waals surface area contributed by atoms with Gasteiger partial charge in [0.2, 0.25) is 0 Å². The highest BCUT2D eigenvalue weighted by molar-refractivity contribution is 5.83. The Kier molecular flexibility index (Phi) is 2.60. The number of benzene rings is 2. The number of nitrogens with zero attached hydrogens (tertiary/aromatic N) is 2. The molecule has 0 aliphatic rings. The van der Waals surface area contributed by atoms with Gasteiger partial charge in [0, 0.05) is 17.1 Å². The summed E-state index contributed by atoms with van der Waals surface area (Å²) in [6, 6.07) is 15.5. The van der Waals surface area contributed by atoms with Crippen molar-refractivity contribution in [2.75, 3.05) is 0 Å². The topological polar surface area (TPSA) is 50.7 Å². The summed E-state index contributed by atoms with van der Waals surface area (Å²) in [5, 5.41) is 1.79. The summed E-state index contributed by atoms with van der Waals surface area (Å²) in [5.74, 6) is 0. The molecule has 0 unspecified atom stereocenters.